The second-order valence-electron chi connectivity index (χ2n) is 2.87. The molecule has 1 aliphatic carbocycles. The number of hydrogen-bond acceptors (Lipinski definition) is 0. The first-order valence-electron chi connectivity index (χ1n) is 4.63. The number of hydrogen-bond donors (Lipinski definition) is 0. The monoisotopic (exact) mass is 160 g/mol. The molecule has 0 bridgehead atoms. The smallest absolute Gasteiger partial charge is 0.0313 e. The molecule has 1 aliphatic rings. The summed E-state index contributed by atoms with van der Waals surface area (Å²) in [4.78, 5) is 0. The average Bonchev–Trinajstić information content (AvgIpc) is 2.05. The fraction of sp³-hybridized carbons (Fsp3) is 0.333. The Balaban J connectivity index is 2.40. The molecule has 0 heterocycles. The van der Waals surface area contributed by atoms with Gasteiger partial charge in [0.25, 0.3) is 0 Å². The highest BCUT2D eigenvalue weighted by molar-refractivity contribution is 5.07. The second kappa shape index (κ2) is 6.66. The Bertz CT molecular complexity index is 156. The van der Waals surface area contributed by atoms with Crippen molar-refractivity contribution in [1.29, 1.82) is 0 Å². The minimum atomic E-state index is 1.15. The summed E-state index contributed by atoms with van der Waals surface area (Å²) >= 11 is 0. The lowest BCUT2D eigenvalue weighted by molar-refractivity contribution is 1.04. The molecular weight excluding hydrogens is 144 g/mol. The molecule has 12 heavy (non-hydrogen) atoms. The third-order valence-corrected chi connectivity index (χ3v) is 1.77. The average molecular weight is 160 g/mol. The van der Waals surface area contributed by atoms with Crippen LogP contribution in [0.15, 0.2) is 48.6 Å². The normalized spacial score (nSPS) is 29.3. The fourth-order valence-electron chi connectivity index (χ4n) is 1.08. The van der Waals surface area contributed by atoms with E-state index in [1.54, 1.807) is 0 Å². The summed E-state index contributed by atoms with van der Waals surface area (Å²) in [7, 11) is 0. The SMILES string of the molecule is C1=C\CC/C=C\C=C\CC/C=C/1. The van der Waals surface area contributed by atoms with Crippen molar-refractivity contribution in [2.45, 2.75) is 25.7 Å². The Kier molecular flexibility index (Phi) is 5.02. The van der Waals surface area contributed by atoms with Crippen LogP contribution in [0.3, 0.4) is 0 Å². The Morgan fingerprint density at radius 1 is 0.417 bits per heavy atom. The molecule has 1 rings (SSSR count). The molecule has 64 valence electrons. The van der Waals surface area contributed by atoms with Crippen LogP contribution in [0.25, 0.3) is 0 Å². The highest BCUT2D eigenvalue weighted by Gasteiger charge is 1.78. The zero-order valence-electron chi connectivity index (χ0n) is 7.45. The molecule has 0 unspecified atom stereocenters. The van der Waals surface area contributed by atoms with Crippen LogP contribution in [-0.2, 0) is 0 Å². The number of rotatable bonds is 0. The summed E-state index contributed by atoms with van der Waals surface area (Å²) in [5.74, 6) is 0. The molecule has 0 aromatic carbocycles. The molecule has 0 heteroatoms. The highest BCUT2D eigenvalue weighted by Crippen LogP contribution is 1.98. The van der Waals surface area contributed by atoms with Crippen LogP contribution in [0.2, 0.25) is 0 Å². The Morgan fingerprint density at radius 2 is 0.667 bits per heavy atom. The lowest BCUT2D eigenvalue weighted by atomic mass is 10.2. The molecule has 0 saturated heterocycles. The van der Waals surface area contributed by atoms with Crippen molar-refractivity contribution in [3.63, 3.8) is 0 Å². The molecule has 0 fully saturated rings. The summed E-state index contributed by atoms with van der Waals surface area (Å²) in [6.07, 6.45) is 22.0. The third-order valence-electron chi connectivity index (χ3n) is 1.77. The van der Waals surface area contributed by atoms with Crippen LogP contribution < -0.4 is 0 Å². The molecule has 0 aromatic heterocycles. The van der Waals surface area contributed by atoms with Gasteiger partial charge in [0, 0.05) is 0 Å². The summed E-state index contributed by atoms with van der Waals surface area (Å²) in [5.41, 5.74) is 0. The van der Waals surface area contributed by atoms with Gasteiger partial charge in [0.15, 0.2) is 0 Å². The van der Waals surface area contributed by atoms with E-state index >= 15 is 0 Å². The lowest BCUT2D eigenvalue weighted by Crippen LogP contribution is -1.67. The van der Waals surface area contributed by atoms with Crippen LogP contribution in [0.5, 0.6) is 0 Å². The molecule has 0 saturated carbocycles. The van der Waals surface area contributed by atoms with Gasteiger partial charge < -0.3 is 0 Å². The van der Waals surface area contributed by atoms with E-state index < -0.39 is 0 Å². The minimum absolute atomic E-state index is 1.15. The van der Waals surface area contributed by atoms with E-state index in [4.69, 9.17) is 0 Å². The van der Waals surface area contributed by atoms with Gasteiger partial charge in [-0.3, -0.25) is 0 Å². The molecule has 0 aliphatic heterocycles. The molecule has 0 aromatic rings. The van der Waals surface area contributed by atoms with Crippen LogP contribution in [0, 0.1) is 0 Å². The first-order valence-corrected chi connectivity index (χ1v) is 4.63. The van der Waals surface area contributed by atoms with E-state index in [-0.39, 0.29) is 0 Å². The van der Waals surface area contributed by atoms with Crippen LogP contribution in [0.4, 0.5) is 0 Å². The van der Waals surface area contributed by atoms with Gasteiger partial charge >= 0.3 is 0 Å². The molecule has 0 amide bonds. The van der Waals surface area contributed by atoms with Gasteiger partial charge in [-0.05, 0) is 25.7 Å². The first-order chi connectivity index (χ1) is 6.00. The highest BCUT2D eigenvalue weighted by atomic mass is 13.8. The zero-order chi connectivity index (χ0) is 8.49. The van der Waals surface area contributed by atoms with E-state index in [1.165, 1.54) is 0 Å². The van der Waals surface area contributed by atoms with Gasteiger partial charge in [-0.1, -0.05) is 48.6 Å². The summed E-state index contributed by atoms with van der Waals surface area (Å²) in [5, 5.41) is 0. The lowest BCUT2D eigenvalue weighted by Gasteiger charge is -1.88. The molecular formula is C12H16. The summed E-state index contributed by atoms with van der Waals surface area (Å²) < 4.78 is 0. The van der Waals surface area contributed by atoms with Gasteiger partial charge in [-0.15, -0.1) is 0 Å². The maximum absolute atomic E-state index is 2.21. The van der Waals surface area contributed by atoms with Crippen molar-refractivity contribution < 1.29 is 0 Å². The topological polar surface area (TPSA) is 0 Å². The maximum atomic E-state index is 2.21. The van der Waals surface area contributed by atoms with Crippen LogP contribution in [-0.4, -0.2) is 0 Å². The van der Waals surface area contributed by atoms with Gasteiger partial charge in [0.1, 0.15) is 0 Å². The van der Waals surface area contributed by atoms with Crippen molar-refractivity contribution in [3.8, 4) is 0 Å². The van der Waals surface area contributed by atoms with E-state index in [0.29, 0.717) is 0 Å². The predicted molar refractivity (Wildman–Crippen MR) is 55.0 cm³/mol. The molecule has 0 N–H and O–H groups in total. The molecule has 0 nitrogen and oxygen atoms in total. The second-order valence-corrected chi connectivity index (χ2v) is 2.87. The van der Waals surface area contributed by atoms with Crippen molar-refractivity contribution >= 4 is 0 Å². The zero-order valence-corrected chi connectivity index (χ0v) is 7.45. The fourth-order valence-corrected chi connectivity index (χ4v) is 1.08. The van der Waals surface area contributed by atoms with E-state index in [1.807, 2.05) is 0 Å². The van der Waals surface area contributed by atoms with Gasteiger partial charge in [0.2, 0.25) is 0 Å². The number of allylic oxidation sites excluding steroid dienone is 8. The summed E-state index contributed by atoms with van der Waals surface area (Å²) in [6, 6.07) is 0. The predicted octanol–water partition coefficient (Wildman–Crippen LogP) is 3.79. The van der Waals surface area contributed by atoms with Crippen molar-refractivity contribution in [2.24, 2.45) is 0 Å². The largest absolute Gasteiger partial charge is 0.0842 e. The van der Waals surface area contributed by atoms with Gasteiger partial charge in [-0.25, -0.2) is 0 Å². The van der Waals surface area contributed by atoms with Gasteiger partial charge in [0.05, 0.1) is 0 Å². The van der Waals surface area contributed by atoms with Crippen molar-refractivity contribution in [2.75, 3.05) is 0 Å². The van der Waals surface area contributed by atoms with Crippen molar-refractivity contribution in [1.82, 2.24) is 0 Å². The maximum Gasteiger partial charge on any atom is -0.0313 e. The quantitative estimate of drug-likeness (QED) is 0.506. The Labute approximate surface area is 75.0 Å². The Hall–Kier alpha value is -1.04. The van der Waals surface area contributed by atoms with E-state index in [9.17, 15) is 0 Å². The van der Waals surface area contributed by atoms with E-state index in [0.717, 1.165) is 25.7 Å². The van der Waals surface area contributed by atoms with Crippen molar-refractivity contribution in [3.05, 3.63) is 48.6 Å². The molecule has 0 spiro atoms. The van der Waals surface area contributed by atoms with Crippen LogP contribution in [0.1, 0.15) is 25.7 Å². The molecule has 0 radical (unpaired) electrons. The Morgan fingerprint density at radius 3 is 0.917 bits per heavy atom. The standard InChI is InChI=1S/C12H16/c1-2-4-6-8-10-12-11-9-7-5-3-1/h1-4,9-12H,5-8H2/b3-1-,4-2+,11-9-,12-10+. The first kappa shape index (κ1) is 9.05. The molecule has 0 atom stereocenters. The van der Waals surface area contributed by atoms with Crippen LogP contribution >= 0.6 is 0 Å². The van der Waals surface area contributed by atoms with E-state index in [2.05, 4.69) is 48.6 Å². The van der Waals surface area contributed by atoms with Gasteiger partial charge in [-0.2, -0.15) is 0 Å². The minimum Gasteiger partial charge on any atom is -0.0842 e. The summed E-state index contributed by atoms with van der Waals surface area (Å²) in [6.45, 7) is 0. The third kappa shape index (κ3) is 4.73.